The topological polar surface area (TPSA) is 44.8 Å². The minimum absolute atomic E-state index is 0.266. The molecule has 0 radical (unpaired) electrons. The lowest BCUT2D eigenvalue weighted by Gasteiger charge is -2.34. The van der Waals surface area contributed by atoms with Crippen LogP contribution >= 0.6 is 43.5 Å². The highest BCUT2D eigenvalue weighted by Gasteiger charge is 2.19. The third kappa shape index (κ3) is 4.77. The van der Waals surface area contributed by atoms with E-state index in [1.54, 1.807) is 12.1 Å². The lowest BCUT2D eigenvalue weighted by atomic mass is 10.1. The second kappa shape index (κ2) is 8.82. The molecule has 2 aromatic carbocycles. The molecule has 0 unspecified atom stereocenters. The Morgan fingerprint density at radius 1 is 1.15 bits per heavy atom. The highest BCUT2D eigenvalue weighted by molar-refractivity contribution is 9.11. The highest BCUT2D eigenvalue weighted by atomic mass is 79.9. The van der Waals surface area contributed by atoms with Crippen molar-refractivity contribution in [3.8, 4) is 5.75 Å². The van der Waals surface area contributed by atoms with E-state index < -0.39 is 0 Å². The Kier molecular flexibility index (Phi) is 6.68. The molecule has 0 atom stereocenters. The summed E-state index contributed by atoms with van der Waals surface area (Å²) in [6.07, 6.45) is 0. The third-order valence-electron chi connectivity index (χ3n) is 4.51. The number of anilines is 2. The van der Waals surface area contributed by atoms with Gasteiger partial charge in [-0.1, -0.05) is 27.5 Å². The SMILES string of the molecule is COc1c(Br)cc(Br)cc1C(=O)Nc1ccc(N2CCN(C)CC2)c(Cl)c1. The van der Waals surface area contributed by atoms with Gasteiger partial charge in [0.05, 0.1) is 27.9 Å². The molecule has 144 valence electrons. The van der Waals surface area contributed by atoms with Crippen molar-refractivity contribution in [1.82, 2.24) is 4.90 Å². The Balaban J connectivity index is 1.79. The summed E-state index contributed by atoms with van der Waals surface area (Å²) in [5.41, 5.74) is 2.06. The summed E-state index contributed by atoms with van der Waals surface area (Å²) in [4.78, 5) is 17.3. The van der Waals surface area contributed by atoms with E-state index in [0.29, 0.717) is 26.5 Å². The molecular weight excluding hydrogens is 497 g/mol. The number of carbonyl (C=O) groups excluding carboxylic acids is 1. The average Bonchev–Trinajstić information content (AvgIpc) is 2.62. The molecule has 5 nitrogen and oxygen atoms in total. The van der Waals surface area contributed by atoms with E-state index in [1.807, 2.05) is 18.2 Å². The third-order valence-corrected chi connectivity index (χ3v) is 5.86. The summed E-state index contributed by atoms with van der Waals surface area (Å²) in [7, 11) is 3.65. The van der Waals surface area contributed by atoms with Gasteiger partial charge in [-0.2, -0.15) is 0 Å². The van der Waals surface area contributed by atoms with Crippen LogP contribution in [0, 0.1) is 0 Å². The zero-order valence-corrected chi connectivity index (χ0v) is 19.0. The fourth-order valence-electron chi connectivity index (χ4n) is 3.02. The summed E-state index contributed by atoms with van der Waals surface area (Å²) >= 11 is 13.3. The van der Waals surface area contributed by atoms with Gasteiger partial charge in [0.15, 0.2) is 0 Å². The van der Waals surface area contributed by atoms with Gasteiger partial charge in [-0.15, -0.1) is 0 Å². The number of methoxy groups -OCH3 is 1. The molecule has 1 aliphatic heterocycles. The van der Waals surface area contributed by atoms with Crippen molar-refractivity contribution in [1.29, 1.82) is 0 Å². The number of benzene rings is 2. The maximum atomic E-state index is 12.7. The van der Waals surface area contributed by atoms with Gasteiger partial charge in [0.2, 0.25) is 0 Å². The van der Waals surface area contributed by atoms with E-state index in [4.69, 9.17) is 16.3 Å². The van der Waals surface area contributed by atoms with Crippen LogP contribution in [0.2, 0.25) is 5.02 Å². The van der Waals surface area contributed by atoms with Gasteiger partial charge in [0.25, 0.3) is 5.91 Å². The molecule has 3 rings (SSSR count). The molecular formula is C19H20Br2ClN3O2. The van der Waals surface area contributed by atoms with E-state index in [9.17, 15) is 4.79 Å². The molecule has 0 aliphatic carbocycles. The van der Waals surface area contributed by atoms with E-state index in [1.165, 1.54) is 7.11 Å². The summed E-state index contributed by atoms with van der Waals surface area (Å²) in [6, 6.07) is 9.16. The van der Waals surface area contributed by atoms with Crippen molar-refractivity contribution in [3.63, 3.8) is 0 Å². The van der Waals surface area contributed by atoms with Crippen molar-refractivity contribution in [2.24, 2.45) is 0 Å². The van der Waals surface area contributed by atoms with Crippen LogP contribution in [-0.2, 0) is 0 Å². The number of halogens is 3. The molecule has 1 aliphatic rings. The summed E-state index contributed by atoms with van der Waals surface area (Å²) in [5, 5.41) is 3.52. The first-order valence-corrected chi connectivity index (χ1v) is 10.4. The first kappa shape index (κ1) is 20.5. The molecule has 27 heavy (non-hydrogen) atoms. The van der Waals surface area contributed by atoms with Gasteiger partial charge >= 0.3 is 0 Å². The first-order valence-electron chi connectivity index (χ1n) is 8.46. The van der Waals surface area contributed by atoms with Crippen LogP contribution in [-0.4, -0.2) is 51.1 Å². The predicted octanol–water partition coefficient (Wildman–Crippen LogP) is 4.88. The molecule has 8 heteroatoms. The maximum Gasteiger partial charge on any atom is 0.259 e. The normalized spacial score (nSPS) is 14.9. The van der Waals surface area contributed by atoms with Crippen LogP contribution < -0.4 is 15.0 Å². The Bertz CT molecular complexity index is 855. The standard InChI is InChI=1S/C19H20Br2ClN3O2/c1-24-5-7-25(8-6-24)17-4-3-13(11-16(17)22)23-19(26)14-9-12(20)10-15(21)18(14)27-2/h3-4,9-11H,5-8H2,1-2H3,(H,23,26). The maximum absolute atomic E-state index is 12.7. The fraction of sp³-hybridized carbons (Fsp3) is 0.316. The van der Waals surface area contributed by atoms with Gasteiger partial charge in [-0.25, -0.2) is 0 Å². The second-order valence-corrected chi connectivity index (χ2v) is 8.56. The number of rotatable bonds is 4. The number of nitrogens with one attached hydrogen (secondary N) is 1. The number of hydrogen-bond acceptors (Lipinski definition) is 4. The molecule has 0 aromatic heterocycles. The number of ether oxygens (including phenoxy) is 1. The Hall–Kier alpha value is -1.28. The monoisotopic (exact) mass is 515 g/mol. The molecule has 1 heterocycles. The predicted molar refractivity (Wildman–Crippen MR) is 118 cm³/mol. The summed E-state index contributed by atoms with van der Waals surface area (Å²) < 4.78 is 6.84. The number of carbonyl (C=O) groups is 1. The summed E-state index contributed by atoms with van der Waals surface area (Å²) in [6.45, 7) is 3.88. The van der Waals surface area contributed by atoms with Gasteiger partial charge < -0.3 is 19.9 Å². The number of likely N-dealkylation sites (N-methyl/N-ethyl adjacent to an activating group) is 1. The highest BCUT2D eigenvalue weighted by Crippen LogP contribution is 2.34. The summed E-state index contributed by atoms with van der Waals surface area (Å²) in [5.74, 6) is 0.216. The lowest BCUT2D eigenvalue weighted by Crippen LogP contribution is -2.44. The molecule has 1 N–H and O–H groups in total. The number of amides is 1. The molecule has 0 saturated carbocycles. The van der Waals surface area contributed by atoms with Gasteiger partial charge in [0.1, 0.15) is 5.75 Å². The van der Waals surface area contributed by atoms with E-state index in [2.05, 4.69) is 54.0 Å². The van der Waals surface area contributed by atoms with Crippen molar-refractivity contribution in [3.05, 3.63) is 49.9 Å². The van der Waals surface area contributed by atoms with Crippen LogP contribution in [0.1, 0.15) is 10.4 Å². The van der Waals surface area contributed by atoms with Crippen LogP contribution in [0.15, 0.2) is 39.3 Å². The number of nitrogens with zero attached hydrogens (tertiary/aromatic N) is 2. The molecule has 1 saturated heterocycles. The van der Waals surface area contributed by atoms with Crippen LogP contribution in [0.3, 0.4) is 0 Å². The van der Waals surface area contributed by atoms with Crippen LogP contribution in [0.4, 0.5) is 11.4 Å². The zero-order valence-electron chi connectivity index (χ0n) is 15.1. The smallest absolute Gasteiger partial charge is 0.259 e. The Morgan fingerprint density at radius 3 is 2.48 bits per heavy atom. The number of piperazine rings is 1. The molecule has 1 amide bonds. The Morgan fingerprint density at radius 2 is 1.85 bits per heavy atom. The Labute approximate surface area is 180 Å². The van der Waals surface area contributed by atoms with E-state index in [0.717, 1.165) is 36.3 Å². The average molecular weight is 518 g/mol. The quantitative estimate of drug-likeness (QED) is 0.628. The molecule has 1 fully saturated rings. The lowest BCUT2D eigenvalue weighted by molar-refractivity contribution is 0.102. The van der Waals surface area contributed by atoms with Crippen molar-refractivity contribution < 1.29 is 9.53 Å². The molecule has 0 bridgehead atoms. The second-order valence-electron chi connectivity index (χ2n) is 6.38. The largest absolute Gasteiger partial charge is 0.495 e. The molecule has 0 spiro atoms. The van der Waals surface area contributed by atoms with Gasteiger partial charge in [-0.05, 0) is 53.3 Å². The van der Waals surface area contributed by atoms with Crippen LogP contribution in [0.5, 0.6) is 5.75 Å². The van der Waals surface area contributed by atoms with Gasteiger partial charge in [-0.3, -0.25) is 4.79 Å². The minimum Gasteiger partial charge on any atom is -0.495 e. The van der Waals surface area contributed by atoms with E-state index >= 15 is 0 Å². The van der Waals surface area contributed by atoms with Crippen molar-refractivity contribution >= 4 is 60.7 Å². The van der Waals surface area contributed by atoms with Crippen LogP contribution in [0.25, 0.3) is 0 Å². The van der Waals surface area contributed by atoms with Crippen molar-refractivity contribution in [2.45, 2.75) is 0 Å². The minimum atomic E-state index is -0.266. The van der Waals surface area contributed by atoms with Gasteiger partial charge in [0, 0.05) is 36.3 Å². The fourth-order valence-corrected chi connectivity index (χ4v) is 4.71. The number of hydrogen-bond donors (Lipinski definition) is 1. The molecule has 2 aromatic rings. The first-order chi connectivity index (χ1) is 12.9. The van der Waals surface area contributed by atoms with Crippen molar-refractivity contribution in [2.75, 3.05) is 50.6 Å². The zero-order chi connectivity index (χ0) is 19.6. The van der Waals surface area contributed by atoms with E-state index in [-0.39, 0.29) is 5.91 Å².